The molecule has 19 heavy (non-hydrogen) atoms. The number of carbonyl (C=O) groups excluding carboxylic acids is 1. The summed E-state index contributed by atoms with van der Waals surface area (Å²) in [6.07, 6.45) is 3.60. The second-order valence-electron chi connectivity index (χ2n) is 5.01. The Labute approximate surface area is 116 Å². The Morgan fingerprint density at radius 3 is 2.68 bits per heavy atom. The van der Waals surface area contributed by atoms with Crippen LogP contribution in [0, 0.1) is 0 Å². The van der Waals surface area contributed by atoms with Gasteiger partial charge < -0.3 is 5.32 Å². The fourth-order valence-electron chi connectivity index (χ4n) is 2.57. The number of amides is 1. The molecular weight excluding hydrogens is 256 g/mol. The molecule has 1 amide bonds. The fraction of sp³-hybridized carbons (Fsp3) is 0.333. The van der Waals surface area contributed by atoms with Crippen LogP contribution in [0.25, 0.3) is 0 Å². The van der Waals surface area contributed by atoms with E-state index in [1.165, 1.54) is 23.3 Å². The Morgan fingerprint density at radius 2 is 2.11 bits per heavy atom. The minimum atomic E-state index is -0.144. The maximum absolute atomic E-state index is 12.1. The Balaban J connectivity index is 1.72. The van der Waals surface area contributed by atoms with Crippen LogP contribution in [0.15, 0.2) is 41.2 Å². The lowest BCUT2D eigenvalue weighted by Gasteiger charge is -2.43. The second kappa shape index (κ2) is 5.13. The van der Waals surface area contributed by atoms with Crippen LogP contribution in [-0.4, -0.2) is 10.9 Å². The summed E-state index contributed by atoms with van der Waals surface area (Å²) in [6, 6.07) is 10.3. The van der Waals surface area contributed by atoms with Crippen molar-refractivity contribution in [3.05, 3.63) is 52.5 Å². The van der Waals surface area contributed by atoms with Crippen LogP contribution in [0.4, 0.5) is 0 Å². The van der Waals surface area contributed by atoms with Crippen LogP contribution in [0.1, 0.15) is 30.5 Å². The van der Waals surface area contributed by atoms with Gasteiger partial charge in [-0.05, 0) is 24.8 Å². The number of hydrogen-bond acceptors (Lipinski definition) is 3. The van der Waals surface area contributed by atoms with Gasteiger partial charge in [0.2, 0.25) is 5.91 Å². The molecule has 3 rings (SSSR count). The van der Waals surface area contributed by atoms with Crippen LogP contribution >= 0.6 is 11.3 Å². The Kier molecular flexibility index (Phi) is 3.34. The summed E-state index contributed by atoms with van der Waals surface area (Å²) in [5.41, 5.74) is 3.69. The SMILES string of the molecule is O=C(Cc1cscn1)NC1(c2ccccc2)CCC1. The highest BCUT2D eigenvalue weighted by molar-refractivity contribution is 7.07. The third-order valence-electron chi connectivity index (χ3n) is 3.74. The van der Waals surface area contributed by atoms with Crippen molar-refractivity contribution < 1.29 is 4.79 Å². The maximum Gasteiger partial charge on any atom is 0.226 e. The maximum atomic E-state index is 12.1. The number of nitrogens with zero attached hydrogens (tertiary/aromatic N) is 1. The summed E-state index contributed by atoms with van der Waals surface area (Å²) in [6.45, 7) is 0. The molecule has 1 aliphatic rings. The summed E-state index contributed by atoms with van der Waals surface area (Å²) >= 11 is 1.52. The van der Waals surface area contributed by atoms with Crippen molar-refractivity contribution in [1.29, 1.82) is 0 Å². The van der Waals surface area contributed by atoms with E-state index >= 15 is 0 Å². The molecule has 0 unspecified atom stereocenters. The standard InChI is InChI=1S/C15H16N2OS/c18-14(9-13-10-19-11-16-13)17-15(7-4-8-15)12-5-2-1-3-6-12/h1-3,5-6,10-11H,4,7-9H2,(H,17,18). The molecule has 4 heteroatoms. The van der Waals surface area contributed by atoms with Gasteiger partial charge in [-0.25, -0.2) is 4.98 Å². The molecule has 0 bridgehead atoms. The van der Waals surface area contributed by atoms with Crippen LogP contribution in [-0.2, 0) is 16.8 Å². The van der Waals surface area contributed by atoms with Gasteiger partial charge in [0, 0.05) is 5.38 Å². The summed E-state index contributed by atoms with van der Waals surface area (Å²) in [5, 5.41) is 5.14. The fourth-order valence-corrected chi connectivity index (χ4v) is 3.13. The molecule has 1 aliphatic carbocycles. The third-order valence-corrected chi connectivity index (χ3v) is 4.37. The zero-order valence-electron chi connectivity index (χ0n) is 10.6. The van der Waals surface area contributed by atoms with Crippen molar-refractivity contribution in [2.45, 2.75) is 31.2 Å². The van der Waals surface area contributed by atoms with Crippen molar-refractivity contribution in [3.8, 4) is 0 Å². The molecule has 0 atom stereocenters. The number of benzene rings is 1. The summed E-state index contributed by atoms with van der Waals surface area (Å²) in [4.78, 5) is 16.3. The molecule has 0 saturated heterocycles. The van der Waals surface area contributed by atoms with Gasteiger partial charge in [-0.2, -0.15) is 0 Å². The first-order valence-corrected chi connectivity index (χ1v) is 7.46. The van der Waals surface area contributed by atoms with Gasteiger partial charge in [0.15, 0.2) is 0 Å². The highest BCUT2D eigenvalue weighted by Gasteiger charge is 2.39. The van der Waals surface area contributed by atoms with Crippen LogP contribution in [0.5, 0.6) is 0 Å². The van der Waals surface area contributed by atoms with Crippen LogP contribution in [0.2, 0.25) is 0 Å². The average Bonchev–Trinajstić information content (AvgIpc) is 2.88. The quantitative estimate of drug-likeness (QED) is 0.930. The summed E-state index contributed by atoms with van der Waals surface area (Å²) in [5.74, 6) is 0.0643. The van der Waals surface area contributed by atoms with Gasteiger partial charge in [-0.1, -0.05) is 30.3 Å². The highest BCUT2D eigenvalue weighted by Crippen LogP contribution is 2.41. The number of carbonyl (C=O) groups is 1. The van der Waals surface area contributed by atoms with E-state index in [0.29, 0.717) is 6.42 Å². The minimum Gasteiger partial charge on any atom is -0.346 e. The molecule has 1 heterocycles. The first-order chi connectivity index (χ1) is 9.28. The van der Waals surface area contributed by atoms with E-state index in [1.54, 1.807) is 5.51 Å². The van der Waals surface area contributed by atoms with Crippen molar-refractivity contribution in [2.24, 2.45) is 0 Å². The van der Waals surface area contributed by atoms with Gasteiger partial charge in [0.05, 0.1) is 23.2 Å². The number of thiazole rings is 1. The lowest BCUT2D eigenvalue weighted by Crippen LogP contribution is -2.51. The molecule has 3 nitrogen and oxygen atoms in total. The van der Waals surface area contributed by atoms with Gasteiger partial charge >= 0.3 is 0 Å². The monoisotopic (exact) mass is 272 g/mol. The topological polar surface area (TPSA) is 42.0 Å². The molecule has 0 spiro atoms. The second-order valence-corrected chi connectivity index (χ2v) is 5.73. The normalized spacial score (nSPS) is 16.6. The number of nitrogens with one attached hydrogen (secondary N) is 1. The summed E-state index contributed by atoms with van der Waals surface area (Å²) in [7, 11) is 0. The minimum absolute atomic E-state index is 0.0643. The van der Waals surface area contributed by atoms with Crippen molar-refractivity contribution in [2.75, 3.05) is 0 Å². The zero-order chi connectivity index (χ0) is 13.1. The van der Waals surface area contributed by atoms with Crippen molar-refractivity contribution in [1.82, 2.24) is 10.3 Å². The molecular formula is C15H16N2OS. The first-order valence-electron chi connectivity index (χ1n) is 6.52. The molecule has 98 valence electrons. The molecule has 1 saturated carbocycles. The van der Waals surface area contributed by atoms with E-state index in [1.807, 2.05) is 23.6 Å². The van der Waals surface area contributed by atoms with E-state index in [2.05, 4.69) is 22.4 Å². The molecule has 1 aromatic carbocycles. The lowest BCUT2D eigenvalue weighted by atomic mass is 9.71. The smallest absolute Gasteiger partial charge is 0.226 e. The van der Waals surface area contributed by atoms with E-state index in [-0.39, 0.29) is 11.4 Å². The number of aromatic nitrogens is 1. The largest absolute Gasteiger partial charge is 0.346 e. The Bertz CT molecular complexity index is 547. The van der Waals surface area contributed by atoms with E-state index in [0.717, 1.165) is 18.5 Å². The van der Waals surface area contributed by atoms with E-state index < -0.39 is 0 Å². The highest BCUT2D eigenvalue weighted by atomic mass is 32.1. The molecule has 1 fully saturated rings. The van der Waals surface area contributed by atoms with E-state index in [9.17, 15) is 4.79 Å². The van der Waals surface area contributed by atoms with Gasteiger partial charge in [0.25, 0.3) is 0 Å². The van der Waals surface area contributed by atoms with Crippen LogP contribution in [0.3, 0.4) is 0 Å². The van der Waals surface area contributed by atoms with Crippen LogP contribution < -0.4 is 5.32 Å². The first kappa shape index (κ1) is 12.4. The third kappa shape index (κ3) is 2.54. The van der Waals surface area contributed by atoms with Gasteiger partial charge in [-0.3, -0.25) is 4.79 Å². The van der Waals surface area contributed by atoms with Gasteiger partial charge in [0.1, 0.15) is 0 Å². The predicted octanol–water partition coefficient (Wildman–Crippen LogP) is 2.88. The predicted molar refractivity (Wildman–Crippen MR) is 75.9 cm³/mol. The molecule has 1 N–H and O–H groups in total. The number of hydrogen-bond donors (Lipinski definition) is 1. The molecule has 1 aromatic heterocycles. The van der Waals surface area contributed by atoms with Crippen molar-refractivity contribution >= 4 is 17.2 Å². The number of rotatable bonds is 4. The molecule has 0 radical (unpaired) electrons. The van der Waals surface area contributed by atoms with Crippen molar-refractivity contribution in [3.63, 3.8) is 0 Å². The average molecular weight is 272 g/mol. The van der Waals surface area contributed by atoms with Gasteiger partial charge in [-0.15, -0.1) is 11.3 Å². The Hall–Kier alpha value is -1.68. The zero-order valence-corrected chi connectivity index (χ0v) is 11.5. The van der Waals surface area contributed by atoms with E-state index in [4.69, 9.17) is 0 Å². The molecule has 0 aliphatic heterocycles. The lowest BCUT2D eigenvalue weighted by molar-refractivity contribution is -0.123. The Morgan fingerprint density at radius 1 is 1.32 bits per heavy atom. The molecule has 2 aromatic rings. The summed E-state index contributed by atoms with van der Waals surface area (Å²) < 4.78 is 0.